The van der Waals surface area contributed by atoms with Crippen LogP contribution < -0.4 is 0 Å². The van der Waals surface area contributed by atoms with E-state index in [1.165, 1.54) is 88.0 Å². The maximum atomic E-state index is 2.47. The Morgan fingerprint density at radius 2 is 0.880 bits per heavy atom. The number of allylic oxidation sites excluding steroid dienone is 2. The highest BCUT2D eigenvalue weighted by Gasteiger charge is 2.21. The van der Waals surface area contributed by atoms with Gasteiger partial charge in [0.05, 0.1) is 22.1 Å². The topological polar surface area (TPSA) is 9.86 Å². The number of hydrogen-bond donors (Lipinski definition) is 0. The molecule has 0 saturated heterocycles. The lowest BCUT2D eigenvalue weighted by atomic mass is 9.81. The maximum absolute atomic E-state index is 2.47. The third-order valence-corrected chi connectivity index (χ3v) is 11.2. The molecule has 0 bridgehead atoms. The van der Waals surface area contributed by atoms with Crippen LogP contribution in [0.5, 0.6) is 0 Å². The molecular formula is C48H34N2. The summed E-state index contributed by atoms with van der Waals surface area (Å²) in [6.45, 7) is 0. The van der Waals surface area contributed by atoms with Gasteiger partial charge in [-0.15, -0.1) is 0 Å². The van der Waals surface area contributed by atoms with E-state index in [0.717, 1.165) is 25.7 Å². The Hall–Kier alpha value is -6.12. The van der Waals surface area contributed by atoms with Crippen molar-refractivity contribution in [1.29, 1.82) is 0 Å². The first-order valence-corrected chi connectivity index (χ1v) is 17.9. The normalized spacial score (nSPS) is 13.9. The zero-order valence-corrected chi connectivity index (χ0v) is 27.7. The zero-order chi connectivity index (χ0) is 32.8. The lowest BCUT2D eigenvalue weighted by molar-refractivity contribution is 0.911. The molecule has 0 unspecified atom stereocenters. The number of para-hydroxylation sites is 3. The second-order valence-corrected chi connectivity index (χ2v) is 13.9. The summed E-state index contributed by atoms with van der Waals surface area (Å²) in [6, 6.07) is 49.5. The molecule has 0 fully saturated rings. The number of aromatic nitrogens is 2. The molecule has 7 aromatic carbocycles. The summed E-state index contributed by atoms with van der Waals surface area (Å²) in [7, 11) is 0. The fourth-order valence-electron chi connectivity index (χ4n) is 9.03. The van der Waals surface area contributed by atoms with Crippen molar-refractivity contribution in [3.63, 3.8) is 0 Å². The highest BCUT2D eigenvalue weighted by Crippen LogP contribution is 2.41. The van der Waals surface area contributed by atoms with Crippen LogP contribution in [0.2, 0.25) is 0 Å². The van der Waals surface area contributed by atoms with Crippen LogP contribution >= 0.6 is 0 Å². The van der Waals surface area contributed by atoms with Crippen LogP contribution in [0.15, 0.2) is 146 Å². The SMILES string of the molecule is C1=Cc2c(c3c(c4cc(-n5c6ccccc6c6cc(-c7ccc8c(c7)c7ccccc7n8-c7ccccc7)ccc65)ccc24)C=CCC3)CC1. The molecule has 2 aromatic heterocycles. The Morgan fingerprint density at radius 1 is 0.360 bits per heavy atom. The lowest BCUT2D eigenvalue weighted by Crippen LogP contribution is -2.07. The van der Waals surface area contributed by atoms with E-state index < -0.39 is 0 Å². The van der Waals surface area contributed by atoms with E-state index in [9.17, 15) is 0 Å². The summed E-state index contributed by atoms with van der Waals surface area (Å²) in [4.78, 5) is 0. The van der Waals surface area contributed by atoms with Crippen LogP contribution in [0.25, 0.3) is 89.0 Å². The molecule has 9 aromatic rings. The summed E-state index contributed by atoms with van der Waals surface area (Å²) >= 11 is 0. The number of hydrogen-bond acceptors (Lipinski definition) is 0. The largest absolute Gasteiger partial charge is 0.309 e. The van der Waals surface area contributed by atoms with Gasteiger partial charge in [0.25, 0.3) is 0 Å². The van der Waals surface area contributed by atoms with Crippen LogP contribution in [0.1, 0.15) is 35.1 Å². The van der Waals surface area contributed by atoms with Gasteiger partial charge < -0.3 is 9.13 Å². The van der Waals surface area contributed by atoms with Gasteiger partial charge in [-0.25, -0.2) is 0 Å². The first-order valence-electron chi connectivity index (χ1n) is 17.9. The Balaban J connectivity index is 1.11. The lowest BCUT2D eigenvalue weighted by Gasteiger charge is -2.24. The Morgan fingerprint density at radius 3 is 1.50 bits per heavy atom. The van der Waals surface area contributed by atoms with Crippen molar-refractivity contribution in [1.82, 2.24) is 9.13 Å². The van der Waals surface area contributed by atoms with Gasteiger partial charge >= 0.3 is 0 Å². The minimum atomic E-state index is 1.13. The smallest absolute Gasteiger partial charge is 0.0541 e. The van der Waals surface area contributed by atoms with Crippen molar-refractivity contribution in [2.24, 2.45) is 0 Å². The summed E-state index contributed by atoms with van der Waals surface area (Å²) in [5, 5.41) is 7.84. The molecule has 50 heavy (non-hydrogen) atoms. The maximum Gasteiger partial charge on any atom is 0.0541 e. The van der Waals surface area contributed by atoms with Gasteiger partial charge in [0, 0.05) is 32.9 Å². The Labute approximate surface area is 290 Å². The van der Waals surface area contributed by atoms with Gasteiger partial charge in [-0.2, -0.15) is 0 Å². The predicted molar refractivity (Wildman–Crippen MR) is 213 cm³/mol. The molecule has 2 nitrogen and oxygen atoms in total. The van der Waals surface area contributed by atoms with Gasteiger partial charge in [0.2, 0.25) is 0 Å². The van der Waals surface area contributed by atoms with E-state index in [2.05, 4.69) is 167 Å². The van der Waals surface area contributed by atoms with Crippen molar-refractivity contribution < 1.29 is 0 Å². The first-order chi connectivity index (χ1) is 24.8. The van der Waals surface area contributed by atoms with Gasteiger partial charge in [0.1, 0.15) is 0 Å². The fourth-order valence-corrected chi connectivity index (χ4v) is 9.03. The second-order valence-electron chi connectivity index (χ2n) is 13.9. The first kappa shape index (κ1) is 27.8. The van der Waals surface area contributed by atoms with E-state index in [1.807, 2.05) is 0 Å². The Bertz CT molecular complexity index is 2910. The average Bonchev–Trinajstić information content (AvgIpc) is 3.70. The van der Waals surface area contributed by atoms with Crippen molar-refractivity contribution >= 4 is 66.5 Å². The van der Waals surface area contributed by atoms with Gasteiger partial charge in [-0.3, -0.25) is 0 Å². The molecule has 236 valence electrons. The third-order valence-electron chi connectivity index (χ3n) is 11.2. The van der Waals surface area contributed by atoms with Crippen molar-refractivity contribution in [3.05, 3.63) is 168 Å². The van der Waals surface area contributed by atoms with Crippen LogP contribution in [0, 0.1) is 0 Å². The van der Waals surface area contributed by atoms with E-state index in [0.29, 0.717) is 0 Å². The van der Waals surface area contributed by atoms with Crippen molar-refractivity contribution in [2.75, 3.05) is 0 Å². The number of rotatable bonds is 3. The molecule has 2 aliphatic rings. The summed E-state index contributed by atoms with van der Waals surface area (Å²) in [6.07, 6.45) is 14.0. The third kappa shape index (κ3) is 3.96. The van der Waals surface area contributed by atoms with Crippen molar-refractivity contribution in [2.45, 2.75) is 25.7 Å². The second kappa shape index (κ2) is 10.7. The fraction of sp³-hybridized carbons (Fsp3) is 0.0833. The number of benzene rings is 7. The number of nitrogens with zero attached hydrogens (tertiary/aromatic N) is 2. The molecule has 0 aliphatic heterocycles. The van der Waals surface area contributed by atoms with Gasteiger partial charge in [-0.1, -0.05) is 97.1 Å². The zero-order valence-electron chi connectivity index (χ0n) is 27.7. The van der Waals surface area contributed by atoms with E-state index >= 15 is 0 Å². The minimum absolute atomic E-state index is 1.13. The van der Waals surface area contributed by atoms with Gasteiger partial charge in [-0.05, 0) is 131 Å². The van der Waals surface area contributed by atoms with Crippen LogP contribution in [-0.4, -0.2) is 9.13 Å². The molecule has 0 atom stereocenters. The van der Waals surface area contributed by atoms with Crippen LogP contribution in [0.4, 0.5) is 0 Å². The minimum Gasteiger partial charge on any atom is -0.309 e. The molecule has 0 amide bonds. The molecule has 2 aliphatic carbocycles. The molecule has 0 spiro atoms. The highest BCUT2D eigenvalue weighted by molar-refractivity contribution is 6.13. The summed E-state index contributed by atoms with van der Waals surface area (Å²) < 4.78 is 4.85. The molecule has 0 saturated carbocycles. The van der Waals surface area contributed by atoms with Crippen molar-refractivity contribution in [3.8, 4) is 22.5 Å². The standard InChI is InChI=1S/C48H34N2/c1-2-12-33(13-3-1)49-45-20-10-8-18-40(45)43-28-31(22-26-47(43)49)32-23-27-48-44(29-32)41-19-9-11-21-46(41)50(48)34-24-25-39-37-16-5-4-14-35(37)36-15-6-7-17-38(36)42(39)30-34/h1-3,5,7-13,16-30H,4,6,14-15H2. The van der Waals surface area contributed by atoms with E-state index in [-0.39, 0.29) is 0 Å². The number of fused-ring (bicyclic) bond motifs is 12. The van der Waals surface area contributed by atoms with E-state index in [4.69, 9.17) is 0 Å². The summed E-state index contributed by atoms with van der Waals surface area (Å²) in [5.41, 5.74) is 15.8. The van der Waals surface area contributed by atoms with Gasteiger partial charge in [0.15, 0.2) is 0 Å². The molecule has 0 radical (unpaired) electrons. The highest BCUT2D eigenvalue weighted by atomic mass is 15.0. The monoisotopic (exact) mass is 638 g/mol. The molecule has 11 rings (SSSR count). The molecule has 2 heterocycles. The molecule has 0 N–H and O–H groups in total. The average molecular weight is 639 g/mol. The predicted octanol–water partition coefficient (Wildman–Crippen LogP) is 12.6. The Kier molecular flexibility index (Phi) is 5.94. The quantitative estimate of drug-likeness (QED) is 0.182. The van der Waals surface area contributed by atoms with E-state index in [1.54, 1.807) is 11.1 Å². The molecular weight excluding hydrogens is 605 g/mol. The molecule has 2 heteroatoms. The van der Waals surface area contributed by atoms with Crippen LogP contribution in [-0.2, 0) is 12.8 Å². The summed E-state index contributed by atoms with van der Waals surface area (Å²) in [5.74, 6) is 0. The van der Waals surface area contributed by atoms with Crippen LogP contribution in [0.3, 0.4) is 0 Å².